The van der Waals surface area contributed by atoms with Crippen molar-refractivity contribution in [1.82, 2.24) is 20.2 Å². The van der Waals surface area contributed by atoms with Crippen molar-refractivity contribution in [3.05, 3.63) is 6.20 Å². The van der Waals surface area contributed by atoms with E-state index in [1.165, 1.54) is 0 Å². The Morgan fingerprint density at radius 3 is 3.06 bits per heavy atom. The SMILES string of the molecule is CNc1nc(NCCSC)c2cn[nH]c2n1. The Hall–Kier alpha value is -1.50. The second-order valence-electron chi connectivity index (χ2n) is 3.20. The van der Waals surface area contributed by atoms with Gasteiger partial charge in [0.1, 0.15) is 5.82 Å². The van der Waals surface area contributed by atoms with Gasteiger partial charge in [0, 0.05) is 19.3 Å². The number of aromatic amines is 1. The van der Waals surface area contributed by atoms with E-state index in [4.69, 9.17) is 0 Å². The van der Waals surface area contributed by atoms with Gasteiger partial charge >= 0.3 is 0 Å². The molecule has 2 rings (SSSR count). The second-order valence-corrected chi connectivity index (χ2v) is 4.18. The normalized spacial score (nSPS) is 10.6. The molecule has 0 unspecified atom stereocenters. The molecule has 2 aromatic rings. The Bertz CT molecular complexity index is 468. The van der Waals surface area contributed by atoms with Crippen LogP contribution in [-0.4, -0.2) is 45.8 Å². The largest absolute Gasteiger partial charge is 0.368 e. The molecule has 0 atom stereocenters. The number of anilines is 2. The predicted octanol–water partition coefficient (Wildman–Crippen LogP) is 1.17. The molecule has 0 fully saturated rings. The zero-order valence-corrected chi connectivity index (χ0v) is 10.1. The van der Waals surface area contributed by atoms with Crippen molar-refractivity contribution in [2.75, 3.05) is 36.2 Å². The van der Waals surface area contributed by atoms with E-state index in [1.54, 1.807) is 25.0 Å². The van der Waals surface area contributed by atoms with Gasteiger partial charge < -0.3 is 10.6 Å². The molecular formula is C9H14N6S. The maximum absolute atomic E-state index is 4.36. The van der Waals surface area contributed by atoms with Crippen molar-refractivity contribution in [3.63, 3.8) is 0 Å². The third kappa shape index (κ3) is 2.19. The van der Waals surface area contributed by atoms with E-state index < -0.39 is 0 Å². The first-order valence-electron chi connectivity index (χ1n) is 4.97. The average molecular weight is 238 g/mol. The van der Waals surface area contributed by atoms with Gasteiger partial charge in [-0.2, -0.15) is 26.8 Å². The van der Waals surface area contributed by atoms with Crippen LogP contribution >= 0.6 is 11.8 Å². The summed E-state index contributed by atoms with van der Waals surface area (Å²) in [6.45, 7) is 0.877. The molecule has 3 N–H and O–H groups in total. The van der Waals surface area contributed by atoms with Crippen LogP contribution in [0.4, 0.5) is 11.8 Å². The molecule has 0 spiro atoms. The molecule has 0 bridgehead atoms. The van der Waals surface area contributed by atoms with E-state index in [1.807, 2.05) is 0 Å². The van der Waals surface area contributed by atoms with Crippen LogP contribution in [0.3, 0.4) is 0 Å². The molecule has 0 radical (unpaired) electrons. The Labute approximate surface area is 97.6 Å². The van der Waals surface area contributed by atoms with Gasteiger partial charge in [-0.3, -0.25) is 5.10 Å². The third-order valence-corrected chi connectivity index (χ3v) is 2.74. The summed E-state index contributed by atoms with van der Waals surface area (Å²) in [6.07, 6.45) is 3.81. The number of nitrogens with zero attached hydrogens (tertiary/aromatic N) is 3. The summed E-state index contributed by atoms with van der Waals surface area (Å²) in [7, 11) is 1.79. The molecule has 0 aromatic carbocycles. The number of hydrogen-bond donors (Lipinski definition) is 3. The van der Waals surface area contributed by atoms with Crippen molar-refractivity contribution in [3.8, 4) is 0 Å². The topological polar surface area (TPSA) is 78.5 Å². The van der Waals surface area contributed by atoms with Crippen LogP contribution in [0.1, 0.15) is 0 Å². The highest BCUT2D eigenvalue weighted by Gasteiger charge is 2.07. The van der Waals surface area contributed by atoms with E-state index >= 15 is 0 Å². The van der Waals surface area contributed by atoms with Gasteiger partial charge in [0.05, 0.1) is 11.6 Å². The van der Waals surface area contributed by atoms with Crippen LogP contribution in [0.15, 0.2) is 6.20 Å². The van der Waals surface area contributed by atoms with E-state index in [2.05, 4.69) is 37.1 Å². The second kappa shape index (κ2) is 5.02. The van der Waals surface area contributed by atoms with Crippen molar-refractivity contribution in [2.45, 2.75) is 0 Å². The highest BCUT2D eigenvalue weighted by atomic mass is 32.2. The van der Waals surface area contributed by atoms with Crippen LogP contribution in [0.5, 0.6) is 0 Å². The Kier molecular flexibility index (Phi) is 3.45. The summed E-state index contributed by atoms with van der Waals surface area (Å²) in [5.74, 6) is 2.44. The van der Waals surface area contributed by atoms with Crippen LogP contribution in [-0.2, 0) is 0 Å². The number of thioether (sulfide) groups is 1. The lowest BCUT2D eigenvalue weighted by atomic mass is 10.4. The molecule has 2 heterocycles. The summed E-state index contributed by atoms with van der Waals surface area (Å²) in [6, 6.07) is 0. The smallest absolute Gasteiger partial charge is 0.226 e. The Morgan fingerprint density at radius 1 is 1.44 bits per heavy atom. The van der Waals surface area contributed by atoms with Gasteiger partial charge in [0.2, 0.25) is 5.95 Å². The standard InChI is InChI=1S/C9H14N6S/c1-10-9-13-7(11-3-4-16-2)6-5-12-15-8(6)14-9/h5H,3-4H2,1-2H3,(H3,10,11,12,13,14,15). The number of rotatable bonds is 5. The summed E-state index contributed by atoms with van der Waals surface area (Å²) in [5, 5.41) is 13.9. The molecule has 0 aliphatic rings. The fraction of sp³-hybridized carbons (Fsp3) is 0.444. The monoisotopic (exact) mass is 238 g/mol. The first-order valence-corrected chi connectivity index (χ1v) is 6.36. The third-order valence-electron chi connectivity index (χ3n) is 2.13. The predicted molar refractivity (Wildman–Crippen MR) is 68.1 cm³/mol. The summed E-state index contributed by atoms with van der Waals surface area (Å²) in [5.41, 5.74) is 0.742. The lowest BCUT2D eigenvalue weighted by Crippen LogP contribution is -2.08. The minimum atomic E-state index is 0.586. The Morgan fingerprint density at radius 2 is 2.31 bits per heavy atom. The van der Waals surface area contributed by atoms with Gasteiger partial charge in [-0.05, 0) is 6.26 Å². The molecule has 0 aliphatic carbocycles. The summed E-state index contributed by atoms with van der Waals surface area (Å²) >= 11 is 1.79. The lowest BCUT2D eigenvalue weighted by Gasteiger charge is -2.07. The summed E-state index contributed by atoms with van der Waals surface area (Å²) in [4.78, 5) is 8.62. The van der Waals surface area contributed by atoms with Crippen molar-refractivity contribution >= 4 is 34.6 Å². The number of aromatic nitrogens is 4. The maximum atomic E-state index is 4.36. The van der Waals surface area contributed by atoms with Gasteiger partial charge in [-0.15, -0.1) is 0 Å². The zero-order chi connectivity index (χ0) is 11.4. The van der Waals surface area contributed by atoms with Crippen molar-refractivity contribution in [1.29, 1.82) is 0 Å². The molecular weight excluding hydrogens is 224 g/mol. The molecule has 0 aliphatic heterocycles. The van der Waals surface area contributed by atoms with E-state index in [9.17, 15) is 0 Å². The van der Waals surface area contributed by atoms with Gasteiger partial charge in [0.15, 0.2) is 5.65 Å². The molecule has 6 nitrogen and oxygen atoms in total. The van der Waals surface area contributed by atoms with Crippen molar-refractivity contribution in [2.24, 2.45) is 0 Å². The fourth-order valence-electron chi connectivity index (χ4n) is 1.35. The maximum Gasteiger partial charge on any atom is 0.226 e. The first kappa shape index (κ1) is 11.0. The van der Waals surface area contributed by atoms with Crippen LogP contribution in [0.25, 0.3) is 11.0 Å². The average Bonchev–Trinajstić information content (AvgIpc) is 2.77. The van der Waals surface area contributed by atoms with E-state index in [0.717, 1.165) is 29.1 Å². The molecule has 0 saturated carbocycles. The Balaban J connectivity index is 2.29. The van der Waals surface area contributed by atoms with Crippen LogP contribution < -0.4 is 10.6 Å². The molecule has 86 valence electrons. The molecule has 0 saturated heterocycles. The lowest BCUT2D eigenvalue weighted by molar-refractivity contribution is 1.08. The van der Waals surface area contributed by atoms with E-state index in [-0.39, 0.29) is 0 Å². The minimum Gasteiger partial charge on any atom is -0.368 e. The number of fused-ring (bicyclic) bond motifs is 1. The minimum absolute atomic E-state index is 0.586. The fourth-order valence-corrected chi connectivity index (χ4v) is 1.66. The van der Waals surface area contributed by atoms with Crippen molar-refractivity contribution < 1.29 is 0 Å². The van der Waals surface area contributed by atoms with Crippen LogP contribution in [0, 0.1) is 0 Å². The van der Waals surface area contributed by atoms with Gasteiger partial charge in [-0.1, -0.05) is 0 Å². The molecule has 7 heteroatoms. The quantitative estimate of drug-likeness (QED) is 0.679. The number of nitrogens with one attached hydrogen (secondary N) is 3. The first-order chi connectivity index (χ1) is 7.85. The van der Waals surface area contributed by atoms with Gasteiger partial charge in [0.25, 0.3) is 0 Å². The van der Waals surface area contributed by atoms with Gasteiger partial charge in [-0.25, -0.2) is 0 Å². The molecule has 2 aromatic heterocycles. The highest BCUT2D eigenvalue weighted by molar-refractivity contribution is 7.98. The number of H-pyrrole nitrogens is 1. The summed E-state index contributed by atoms with van der Waals surface area (Å²) < 4.78 is 0. The molecule has 16 heavy (non-hydrogen) atoms. The zero-order valence-electron chi connectivity index (χ0n) is 9.24. The number of hydrogen-bond acceptors (Lipinski definition) is 6. The molecule has 0 amide bonds. The van der Waals surface area contributed by atoms with Crippen LogP contribution in [0.2, 0.25) is 0 Å². The van der Waals surface area contributed by atoms with E-state index in [0.29, 0.717) is 5.95 Å². The highest BCUT2D eigenvalue weighted by Crippen LogP contribution is 2.19.